The predicted molar refractivity (Wildman–Crippen MR) is 69.9 cm³/mol. The Bertz CT molecular complexity index is 394. The van der Waals surface area contributed by atoms with Crippen molar-refractivity contribution in [2.45, 2.75) is 0 Å². The summed E-state index contributed by atoms with van der Waals surface area (Å²) >= 11 is 0. The molecule has 2 rings (SSSR count). The van der Waals surface area contributed by atoms with Gasteiger partial charge in [0.1, 0.15) is 11.5 Å². The minimum atomic E-state index is 0.722. The second-order valence-corrected chi connectivity index (χ2v) is 3.24. The molecule has 0 unspecified atom stereocenters. The first kappa shape index (κ1) is 12.9. The molecule has 90 valence electrons. The van der Waals surface area contributed by atoms with Crippen molar-refractivity contribution >= 4 is 11.4 Å². The van der Waals surface area contributed by atoms with E-state index in [1.54, 1.807) is 24.3 Å². The van der Waals surface area contributed by atoms with Crippen LogP contribution in [-0.2, 0) is 0 Å². The molecule has 2 aromatic rings. The average molecular weight is 232 g/mol. The molecule has 4 heteroatoms. The summed E-state index contributed by atoms with van der Waals surface area (Å²) in [5.41, 5.74) is 12.6. The van der Waals surface area contributed by atoms with E-state index in [0.29, 0.717) is 0 Å². The fraction of sp³-hybridized carbons (Fsp3) is 0.0769. The molecule has 0 saturated carbocycles. The van der Waals surface area contributed by atoms with Gasteiger partial charge in [-0.1, -0.05) is 0 Å². The summed E-state index contributed by atoms with van der Waals surface area (Å²) < 4.78 is 5.58. The van der Waals surface area contributed by atoms with E-state index < -0.39 is 0 Å². The van der Waals surface area contributed by atoms with Gasteiger partial charge in [0.15, 0.2) is 0 Å². The van der Waals surface area contributed by atoms with Gasteiger partial charge in [0.05, 0.1) is 0 Å². The number of nitrogen functional groups attached to an aromatic ring is 2. The molecule has 0 amide bonds. The number of aliphatic hydroxyl groups excluding tert-OH is 1. The highest BCUT2D eigenvalue weighted by atomic mass is 16.5. The van der Waals surface area contributed by atoms with Gasteiger partial charge in [-0.25, -0.2) is 0 Å². The second kappa shape index (κ2) is 6.40. The van der Waals surface area contributed by atoms with Crippen molar-refractivity contribution in [3.63, 3.8) is 0 Å². The molecule has 0 spiro atoms. The van der Waals surface area contributed by atoms with Crippen LogP contribution in [0.5, 0.6) is 11.5 Å². The van der Waals surface area contributed by atoms with Crippen LogP contribution in [0.4, 0.5) is 11.4 Å². The molecule has 0 aliphatic heterocycles. The molecule has 17 heavy (non-hydrogen) atoms. The number of ether oxygens (including phenoxy) is 1. The highest BCUT2D eigenvalue weighted by molar-refractivity contribution is 5.45. The van der Waals surface area contributed by atoms with Crippen molar-refractivity contribution in [1.29, 1.82) is 0 Å². The lowest BCUT2D eigenvalue weighted by Gasteiger charge is -2.05. The molecule has 0 radical (unpaired) electrons. The summed E-state index contributed by atoms with van der Waals surface area (Å²) in [6.07, 6.45) is 0. The Balaban J connectivity index is 0.000000686. The van der Waals surface area contributed by atoms with Crippen LogP contribution in [0.1, 0.15) is 0 Å². The zero-order valence-corrected chi connectivity index (χ0v) is 9.63. The summed E-state index contributed by atoms with van der Waals surface area (Å²) in [6.45, 7) is 0. The monoisotopic (exact) mass is 232 g/mol. The Morgan fingerprint density at radius 1 is 0.706 bits per heavy atom. The first-order chi connectivity index (χ1) is 8.24. The summed E-state index contributed by atoms with van der Waals surface area (Å²) in [5.74, 6) is 1.52. The van der Waals surface area contributed by atoms with Gasteiger partial charge in [-0.2, -0.15) is 0 Å². The average Bonchev–Trinajstić information content (AvgIpc) is 2.37. The topological polar surface area (TPSA) is 81.5 Å². The SMILES string of the molecule is CO.Nc1ccc(Oc2ccc(N)cc2)cc1. The number of benzene rings is 2. The molecule has 0 fully saturated rings. The minimum absolute atomic E-state index is 0.722. The molecule has 0 aliphatic rings. The molecular weight excluding hydrogens is 216 g/mol. The zero-order chi connectivity index (χ0) is 12.7. The van der Waals surface area contributed by atoms with Crippen molar-refractivity contribution in [3.05, 3.63) is 48.5 Å². The summed E-state index contributed by atoms with van der Waals surface area (Å²) in [6, 6.07) is 14.5. The van der Waals surface area contributed by atoms with Crippen molar-refractivity contribution in [2.24, 2.45) is 0 Å². The van der Waals surface area contributed by atoms with E-state index in [-0.39, 0.29) is 0 Å². The molecule has 4 nitrogen and oxygen atoms in total. The number of hydrogen-bond acceptors (Lipinski definition) is 4. The second-order valence-electron chi connectivity index (χ2n) is 3.24. The lowest BCUT2D eigenvalue weighted by atomic mass is 10.3. The zero-order valence-electron chi connectivity index (χ0n) is 9.63. The normalized spacial score (nSPS) is 9.06. The maximum Gasteiger partial charge on any atom is 0.127 e. The largest absolute Gasteiger partial charge is 0.457 e. The number of aliphatic hydroxyl groups is 1. The number of hydrogen-bond donors (Lipinski definition) is 3. The molecule has 0 bridgehead atoms. The molecular formula is C13H16N2O2. The van der Waals surface area contributed by atoms with Gasteiger partial charge >= 0.3 is 0 Å². The third-order valence-electron chi connectivity index (χ3n) is 2.00. The lowest BCUT2D eigenvalue weighted by molar-refractivity contribution is 0.399. The minimum Gasteiger partial charge on any atom is -0.457 e. The third-order valence-corrected chi connectivity index (χ3v) is 2.00. The van der Waals surface area contributed by atoms with Gasteiger partial charge in [0.2, 0.25) is 0 Å². The van der Waals surface area contributed by atoms with Gasteiger partial charge in [0.25, 0.3) is 0 Å². The van der Waals surface area contributed by atoms with E-state index in [4.69, 9.17) is 21.3 Å². The number of anilines is 2. The fourth-order valence-corrected chi connectivity index (χ4v) is 1.21. The molecule has 0 atom stereocenters. The Kier molecular flexibility index (Phi) is 4.84. The molecule has 5 N–H and O–H groups in total. The van der Waals surface area contributed by atoms with Gasteiger partial charge in [0, 0.05) is 18.5 Å². The predicted octanol–water partition coefficient (Wildman–Crippen LogP) is 2.25. The van der Waals surface area contributed by atoms with Crippen LogP contribution in [0.25, 0.3) is 0 Å². The van der Waals surface area contributed by atoms with E-state index in [9.17, 15) is 0 Å². The number of nitrogens with two attached hydrogens (primary N) is 2. The Morgan fingerprint density at radius 2 is 1.00 bits per heavy atom. The Labute approximate surface area is 100 Å². The summed E-state index contributed by atoms with van der Waals surface area (Å²) in [7, 11) is 1.00. The van der Waals surface area contributed by atoms with Crippen molar-refractivity contribution in [2.75, 3.05) is 18.6 Å². The first-order valence-corrected chi connectivity index (χ1v) is 5.08. The van der Waals surface area contributed by atoms with Crippen LogP contribution >= 0.6 is 0 Å². The fourth-order valence-electron chi connectivity index (χ4n) is 1.21. The highest BCUT2D eigenvalue weighted by Gasteiger charge is 1.96. The molecule has 0 saturated heterocycles. The van der Waals surface area contributed by atoms with E-state index in [1.165, 1.54) is 0 Å². The van der Waals surface area contributed by atoms with Gasteiger partial charge in [-0.15, -0.1) is 0 Å². The van der Waals surface area contributed by atoms with Gasteiger partial charge in [-0.3, -0.25) is 0 Å². The summed E-state index contributed by atoms with van der Waals surface area (Å²) in [5, 5.41) is 7.00. The van der Waals surface area contributed by atoms with Crippen molar-refractivity contribution < 1.29 is 9.84 Å². The maximum absolute atomic E-state index is 7.00. The molecule has 2 aromatic carbocycles. The van der Waals surface area contributed by atoms with Crippen molar-refractivity contribution in [3.8, 4) is 11.5 Å². The van der Waals surface area contributed by atoms with E-state index in [1.807, 2.05) is 24.3 Å². The molecule has 0 aliphatic carbocycles. The van der Waals surface area contributed by atoms with E-state index in [2.05, 4.69) is 0 Å². The Morgan fingerprint density at radius 3 is 1.29 bits per heavy atom. The number of rotatable bonds is 2. The van der Waals surface area contributed by atoms with Crippen LogP contribution in [0.15, 0.2) is 48.5 Å². The lowest BCUT2D eigenvalue weighted by Crippen LogP contribution is -1.87. The van der Waals surface area contributed by atoms with Gasteiger partial charge < -0.3 is 21.3 Å². The smallest absolute Gasteiger partial charge is 0.127 e. The summed E-state index contributed by atoms with van der Waals surface area (Å²) in [4.78, 5) is 0. The van der Waals surface area contributed by atoms with E-state index in [0.717, 1.165) is 30.0 Å². The standard InChI is InChI=1S/C12H12N2O.CH4O/c13-9-1-5-11(6-2-9)15-12-7-3-10(14)4-8-12;1-2/h1-8H,13-14H2;2H,1H3. The van der Waals surface area contributed by atoms with Crippen LogP contribution < -0.4 is 16.2 Å². The maximum atomic E-state index is 7.00. The van der Waals surface area contributed by atoms with Crippen LogP contribution in [0, 0.1) is 0 Å². The van der Waals surface area contributed by atoms with E-state index >= 15 is 0 Å². The Hall–Kier alpha value is -2.20. The first-order valence-electron chi connectivity index (χ1n) is 5.08. The van der Waals surface area contributed by atoms with Crippen LogP contribution in [-0.4, -0.2) is 12.2 Å². The quantitative estimate of drug-likeness (QED) is 0.694. The van der Waals surface area contributed by atoms with Gasteiger partial charge in [-0.05, 0) is 48.5 Å². The van der Waals surface area contributed by atoms with Crippen molar-refractivity contribution in [1.82, 2.24) is 0 Å². The highest BCUT2D eigenvalue weighted by Crippen LogP contribution is 2.22. The van der Waals surface area contributed by atoms with Crippen LogP contribution in [0.2, 0.25) is 0 Å². The third kappa shape index (κ3) is 4.04. The van der Waals surface area contributed by atoms with Crippen LogP contribution in [0.3, 0.4) is 0 Å². The molecule has 0 aromatic heterocycles. The molecule has 0 heterocycles.